The number of hydrogen-bond donors (Lipinski definition) is 2. The molecule has 0 atom stereocenters. The maximum Gasteiger partial charge on any atom is 0.223 e. The Hall–Kier alpha value is -2.42. The maximum absolute atomic E-state index is 4.68. The summed E-state index contributed by atoms with van der Waals surface area (Å²) < 4.78 is 5.47. The number of nitrogens with zero attached hydrogens (tertiary/aromatic N) is 4. The molecule has 28 heavy (non-hydrogen) atoms. The van der Waals surface area contributed by atoms with Gasteiger partial charge in [-0.1, -0.05) is 17.7 Å². The van der Waals surface area contributed by atoms with Gasteiger partial charge in [-0.3, -0.25) is 9.12 Å². The molecule has 4 aromatic rings. The molecule has 0 bridgehead atoms. The summed E-state index contributed by atoms with van der Waals surface area (Å²) in [5.41, 5.74) is 4.17. The van der Waals surface area contributed by atoms with Crippen molar-refractivity contribution in [2.45, 2.75) is 25.2 Å². The van der Waals surface area contributed by atoms with Crippen LogP contribution >= 0.6 is 23.3 Å². The van der Waals surface area contributed by atoms with Crippen LogP contribution in [0.2, 0.25) is 0 Å². The number of thiazole rings is 1. The Morgan fingerprint density at radius 1 is 1.07 bits per heavy atom. The van der Waals surface area contributed by atoms with Gasteiger partial charge in [0.1, 0.15) is 0 Å². The summed E-state index contributed by atoms with van der Waals surface area (Å²) in [6, 6.07) is 10.4. The highest BCUT2D eigenvalue weighted by molar-refractivity contribution is 7.97. The van der Waals surface area contributed by atoms with Crippen LogP contribution in [-0.2, 0) is 0 Å². The average Bonchev–Trinajstić information content (AvgIpc) is 3.26. The second-order valence-electron chi connectivity index (χ2n) is 6.46. The van der Waals surface area contributed by atoms with E-state index in [0.717, 1.165) is 41.6 Å². The van der Waals surface area contributed by atoms with Gasteiger partial charge in [-0.15, -0.1) is 11.3 Å². The number of aromatic nitrogens is 4. The second-order valence-corrected chi connectivity index (χ2v) is 8.29. The first-order valence-corrected chi connectivity index (χ1v) is 10.9. The SMILES string of the molecule is Cc1ccc(SNCCCNc2nccc(-c3c(C)nc4sccn34)n2)cc1. The van der Waals surface area contributed by atoms with E-state index in [0.29, 0.717) is 5.95 Å². The number of nitrogens with one attached hydrogen (secondary N) is 2. The molecular weight excluding hydrogens is 388 g/mol. The Bertz CT molecular complexity index is 1050. The number of rotatable bonds is 8. The summed E-state index contributed by atoms with van der Waals surface area (Å²) >= 11 is 3.29. The zero-order chi connectivity index (χ0) is 19.3. The molecule has 0 aliphatic rings. The van der Waals surface area contributed by atoms with E-state index in [1.165, 1.54) is 10.5 Å². The molecule has 3 aromatic heterocycles. The molecule has 0 unspecified atom stereocenters. The van der Waals surface area contributed by atoms with Gasteiger partial charge >= 0.3 is 0 Å². The van der Waals surface area contributed by atoms with Crippen LogP contribution in [0.15, 0.2) is 53.0 Å². The van der Waals surface area contributed by atoms with Crippen molar-refractivity contribution in [1.82, 2.24) is 24.1 Å². The Morgan fingerprint density at radius 3 is 2.79 bits per heavy atom. The standard InChI is InChI=1S/C20H22N6S2/c1-14-4-6-16(7-5-14)28-23-10-3-9-21-19-22-11-8-17(25-19)18-15(2)24-20-26(18)12-13-27-20/h4-8,11-13,23H,3,9-10H2,1-2H3,(H,21,22,25). The minimum absolute atomic E-state index is 0.647. The molecule has 1 aromatic carbocycles. The van der Waals surface area contributed by atoms with Gasteiger partial charge in [0.05, 0.1) is 17.1 Å². The van der Waals surface area contributed by atoms with Gasteiger partial charge in [-0.25, -0.2) is 15.0 Å². The predicted molar refractivity (Wildman–Crippen MR) is 117 cm³/mol. The lowest BCUT2D eigenvalue weighted by molar-refractivity contribution is 0.826. The third kappa shape index (κ3) is 4.35. The highest BCUT2D eigenvalue weighted by Gasteiger charge is 2.13. The molecule has 0 fully saturated rings. The van der Waals surface area contributed by atoms with Crippen LogP contribution in [0.1, 0.15) is 17.7 Å². The first kappa shape index (κ1) is 18.9. The Morgan fingerprint density at radius 2 is 1.93 bits per heavy atom. The molecule has 2 N–H and O–H groups in total. The minimum atomic E-state index is 0.647. The molecule has 0 saturated heterocycles. The zero-order valence-electron chi connectivity index (χ0n) is 15.8. The summed E-state index contributed by atoms with van der Waals surface area (Å²) in [7, 11) is 0. The van der Waals surface area contributed by atoms with Crippen molar-refractivity contribution in [3.63, 3.8) is 0 Å². The second kappa shape index (κ2) is 8.72. The highest BCUT2D eigenvalue weighted by atomic mass is 32.2. The average molecular weight is 411 g/mol. The fourth-order valence-electron chi connectivity index (χ4n) is 2.88. The zero-order valence-corrected chi connectivity index (χ0v) is 17.5. The smallest absolute Gasteiger partial charge is 0.223 e. The van der Waals surface area contributed by atoms with E-state index in [9.17, 15) is 0 Å². The Balaban J connectivity index is 1.29. The minimum Gasteiger partial charge on any atom is -0.354 e. The van der Waals surface area contributed by atoms with Crippen LogP contribution in [0.25, 0.3) is 16.3 Å². The van der Waals surface area contributed by atoms with E-state index in [2.05, 4.69) is 60.6 Å². The first-order chi connectivity index (χ1) is 13.7. The van der Waals surface area contributed by atoms with Crippen LogP contribution in [0.3, 0.4) is 0 Å². The van der Waals surface area contributed by atoms with Gasteiger partial charge in [0.15, 0.2) is 4.96 Å². The Kier molecular flexibility index (Phi) is 5.90. The van der Waals surface area contributed by atoms with Crippen molar-refractivity contribution >= 4 is 34.2 Å². The Labute approximate surface area is 172 Å². The van der Waals surface area contributed by atoms with Gasteiger partial charge in [0.2, 0.25) is 5.95 Å². The van der Waals surface area contributed by atoms with Crippen molar-refractivity contribution < 1.29 is 0 Å². The number of fused-ring (bicyclic) bond motifs is 1. The van der Waals surface area contributed by atoms with Crippen molar-refractivity contribution in [2.75, 3.05) is 18.4 Å². The normalized spacial score (nSPS) is 11.2. The monoisotopic (exact) mass is 410 g/mol. The van der Waals surface area contributed by atoms with Crippen LogP contribution < -0.4 is 10.0 Å². The summed E-state index contributed by atoms with van der Waals surface area (Å²) in [6.45, 7) is 5.83. The molecule has 0 saturated carbocycles. The van der Waals surface area contributed by atoms with Gasteiger partial charge in [-0.05, 0) is 50.4 Å². The van der Waals surface area contributed by atoms with Crippen LogP contribution in [-0.4, -0.2) is 32.4 Å². The number of aryl methyl sites for hydroxylation is 2. The summed E-state index contributed by atoms with van der Waals surface area (Å²) in [5.74, 6) is 0.647. The van der Waals surface area contributed by atoms with Gasteiger partial charge in [0, 0.05) is 35.8 Å². The number of anilines is 1. The van der Waals surface area contributed by atoms with Crippen LogP contribution in [0.4, 0.5) is 5.95 Å². The fourth-order valence-corrected chi connectivity index (χ4v) is 4.32. The molecule has 144 valence electrons. The van der Waals surface area contributed by atoms with E-state index >= 15 is 0 Å². The predicted octanol–water partition coefficient (Wildman–Crippen LogP) is 4.57. The molecule has 0 aliphatic heterocycles. The van der Waals surface area contributed by atoms with E-state index in [1.807, 2.05) is 24.6 Å². The molecule has 3 heterocycles. The molecule has 4 rings (SSSR count). The van der Waals surface area contributed by atoms with Crippen LogP contribution in [0, 0.1) is 13.8 Å². The van der Waals surface area contributed by atoms with E-state index in [-0.39, 0.29) is 0 Å². The van der Waals surface area contributed by atoms with Gasteiger partial charge < -0.3 is 5.32 Å². The topological polar surface area (TPSA) is 67.1 Å². The van der Waals surface area contributed by atoms with E-state index < -0.39 is 0 Å². The quantitative estimate of drug-likeness (QED) is 0.328. The lowest BCUT2D eigenvalue weighted by Gasteiger charge is -2.08. The van der Waals surface area contributed by atoms with Crippen molar-refractivity contribution in [3.05, 3.63) is 59.4 Å². The molecule has 6 nitrogen and oxygen atoms in total. The van der Waals surface area contributed by atoms with Gasteiger partial charge in [-0.2, -0.15) is 0 Å². The van der Waals surface area contributed by atoms with Crippen molar-refractivity contribution in [3.8, 4) is 11.4 Å². The maximum atomic E-state index is 4.68. The summed E-state index contributed by atoms with van der Waals surface area (Å²) in [4.78, 5) is 15.8. The molecule has 0 spiro atoms. The number of benzene rings is 1. The summed E-state index contributed by atoms with van der Waals surface area (Å²) in [6.07, 6.45) is 4.80. The molecular formula is C20H22N6S2. The summed E-state index contributed by atoms with van der Waals surface area (Å²) in [5, 5.41) is 5.35. The van der Waals surface area contributed by atoms with E-state index in [1.54, 1.807) is 29.5 Å². The fraction of sp³-hybridized carbons (Fsp3) is 0.250. The van der Waals surface area contributed by atoms with E-state index in [4.69, 9.17) is 0 Å². The molecule has 0 amide bonds. The molecule has 0 aliphatic carbocycles. The molecule has 8 heteroatoms. The largest absolute Gasteiger partial charge is 0.354 e. The lowest BCUT2D eigenvalue weighted by Crippen LogP contribution is -2.12. The van der Waals surface area contributed by atoms with Crippen molar-refractivity contribution in [2.24, 2.45) is 0 Å². The number of hydrogen-bond acceptors (Lipinski definition) is 7. The van der Waals surface area contributed by atoms with Crippen LogP contribution in [0.5, 0.6) is 0 Å². The van der Waals surface area contributed by atoms with Gasteiger partial charge in [0.25, 0.3) is 0 Å². The molecule has 0 radical (unpaired) electrons. The third-order valence-corrected chi connectivity index (χ3v) is 5.90. The third-order valence-electron chi connectivity index (χ3n) is 4.28. The lowest BCUT2D eigenvalue weighted by atomic mass is 10.2. The number of imidazole rings is 1. The highest BCUT2D eigenvalue weighted by Crippen LogP contribution is 2.25. The van der Waals surface area contributed by atoms with Crippen molar-refractivity contribution in [1.29, 1.82) is 0 Å². The first-order valence-electron chi connectivity index (χ1n) is 9.16.